The van der Waals surface area contributed by atoms with Crippen LogP contribution in [-0.4, -0.2) is 72.5 Å². The van der Waals surface area contributed by atoms with Gasteiger partial charge < -0.3 is 19.9 Å². The molecule has 276 valence electrons. The highest BCUT2D eigenvalue weighted by molar-refractivity contribution is 5.95. The van der Waals surface area contributed by atoms with E-state index >= 15 is 9.18 Å². The highest BCUT2D eigenvalue weighted by Gasteiger charge is 2.44. The second-order valence-electron chi connectivity index (χ2n) is 15.5. The summed E-state index contributed by atoms with van der Waals surface area (Å²) in [6.07, 6.45) is 4.94. The Morgan fingerprint density at radius 3 is 2.38 bits per heavy atom. The molecule has 7 atom stereocenters. The fraction of sp³-hybridized carbons (Fsp3) is 0.610. The molecule has 2 aromatic rings. The van der Waals surface area contributed by atoms with Crippen LogP contribution in [0.2, 0.25) is 0 Å². The summed E-state index contributed by atoms with van der Waals surface area (Å²) >= 11 is 0. The molecule has 2 saturated heterocycles. The van der Waals surface area contributed by atoms with Crippen LogP contribution in [0.1, 0.15) is 91.3 Å². The zero-order valence-electron chi connectivity index (χ0n) is 31.2. The number of rotatable bonds is 14. The maximum Gasteiger partial charge on any atom is 0.320 e. The molecule has 0 saturated carbocycles. The third-order valence-corrected chi connectivity index (χ3v) is 10.2. The number of nitrogens with zero attached hydrogens (tertiary/aromatic N) is 3. The smallest absolute Gasteiger partial charge is 0.320 e. The van der Waals surface area contributed by atoms with Gasteiger partial charge in [-0.2, -0.15) is 0 Å². The van der Waals surface area contributed by atoms with Gasteiger partial charge in [-0.3, -0.25) is 4.99 Å². The summed E-state index contributed by atoms with van der Waals surface area (Å²) in [5, 5.41) is 3.50. The number of ether oxygens (including phenoxy) is 1. The number of aryl methyl sites for hydroxylation is 1. The van der Waals surface area contributed by atoms with Gasteiger partial charge in [-0.25, -0.2) is 18.0 Å². The average Bonchev–Trinajstić information content (AvgIpc) is 3.51. The fourth-order valence-electron chi connectivity index (χ4n) is 7.87. The summed E-state index contributed by atoms with van der Waals surface area (Å²) in [6, 6.07) is 9.03. The maximum absolute atomic E-state index is 15.5. The summed E-state index contributed by atoms with van der Waals surface area (Å²) in [5.74, 6) is -1.08. The van der Waals surface area contributed by atoms with Gasteiger partial charge in [-0.05, 0) is 98.6 Å². The minimum atomic E-state index is -0.645. The Balaban J connectivity index is 1.91. The second kappa shape index (κ2) is 17.9. The monoisotopic (exact) mass is 696 g/mol. The van der Waals surface area contributed by atoms with Crippen LogP contribution in [0.5, 0.6) is 0 Å². The highest BCUT2D eigenvalue weighted by atomic mass is 19.1. The van der Waals surface area contributed by atoms with Gasteiger partial charge in [0.25, 0.3) is 0 Å². The van der Waals surface area contributed by atoms with Gasteiger partial charge >= 0.3 is 6.03 Å². The summed E-state index contributed by atoms with van der Waals surface area (Å²) in [4.78, 5) is 24.4. The first kappa shape index (κ1) is 39.6. The molecule has 9 heteroatoms. The number of morpholine rings is 1. The number of aliphatic imine (C=N–C) groups is 1. The van der Waals surface area contributed by atoms with Gasteiger partial charge in [-0.1, -0.05) is 59.2 Å². The molecule has 2 amide bonds. The molecule has 1 N–H and O–H groups in total. The van der Waals surface area contributed by atoms with Crippen LogP contribution >= 0.6 is 0 Å². The molecule has 0 spiro atoms. The van der Waals surface area contributed by atoms with Gasteiger partial charge in [0.05, 0.1) is 24.3 Å². The molecule has 2 aromatic carbocycles. The van der Waals surface area contributed by atoms with Gasteiger partial charge in [-0.15, -0.1) is 6.58 Å². The van der Waals surface area contributed by atoms with E-state index in [0.717, 1.165) is 30.4 Å². The van der Waals surface area contributed by atoms with Crippen LogP contribution in [0, 0.1) is 40.6 Å². The number of benzene rings is 2. The van der Waals surface area contributed by atoms with Gasteiger partial charge in [0.2, 0.25) is 0 Å². The van der Waals surface area contributed by atoms with E-state index in [1.54, 1.807) is 12.1 Å². The first-order chi connectivity index (χ1) is 23.7. The molecule has 0 aliphatic carbocycles. The molecule has 2 aliphatic heterocycles. The van der Waals surface area contributed by atoms with Crippen LogP contribution in [0.3, 0.4) is 0 Å². The fourth-order valence-corrected chi connectivity index (χ4v) is 7.87. The third-order valence-electron chi connectivity index (χ3n) is 10.2. The van der Waals surface area contributed by atoms with Gasteiger partial charge in [0.1, 0.15) is 17.5 Å². The Labute approximate surface area is 298 Å². The number of nitrogens with one attached hydrogen (secondary N) is 1. The molecule has 2 heterocycles. The van der Waals surface area contributed by atoms with E-state index in [0.29, 0.717) is 51.7 Å². The summed E-state index contributed by atoms with van der Waals surface area (Å²) in [5.41, 5.74) is 1.42. The summed E-state index contributed by atoms with van der Waals surface area (Å²) in [7, 11) is 0. The van der Waals surface area contributed by atoms with Gasteiger partial charge in [0.15, 0.2) is 0 Å². The highest BCUT2D eigenvalue weighted by Crippen LogP contribution is 2.37. The number of amides is 2. The molecule has 2 fully saturated rings. The molecule has 7 unspecified atom stereocenters. The van der Waals surface area contributed by atoms with Crippen molar-refractivity contribution in [2.75, 3.05) is 32.7 Å². The maximum atomic E-state index is 15.5. The van der Waals surface area contributed by atoms with Crippen LogP contribution in [-0.2, 0) is 11.2 Å². The Morgan fingerprint density at radius 2 is 1.76 bits per heavy atom. The molecule has 0 aromatic heterocycles. The number of hydrogen-bond donors (Lipinski definition) is 1. The minimum absolute atomic E-state index is 0.0710. The van der Waals surface area contributed by atoms with E-state index in [9.17, 15) is 8.78 Å². The normalized spacial score (nSPS) is 23.4. The van der Waals surface area contributed by atoms with Gasteiger partial charge in [0, 0.05) is 44.0 Å². The van der Waals surface area contributed by atoms with Crippen LogP contribution in [0.25, 0.3) is 0 Å². The Kier molecular flexibility index (Phi) is 14.1. The number of urea groups is 1. The summed E-state index contributed by atoms with van der Waals surface area (Å²) < 4.78 is 50.5. The lowest BCUT2D eigenvalue weighted by atomic mass is 9.76. The topological polar surface area (TPSA) is 57.2 Å². The van der Waals surface area contributed by atoms with E-state index in [-0.39, 0.29) is 47.4 Å². The predicted molar refractivity (Wildman–Crippen MR) is 197 cm³/mol. The standard InChI is InChI=1S/C41H59F3N4O2/c1-9-13-37(35-21-34(43)18-19-36(35)44)46-38(30(10-2)17-16-29-14-12-15-33(42)20-29)39(41(6,7)8)48(26-32-23-45-22-31(32)11-3)40(49)47-24-27(4)50-28(5)25-47/h11-12,14-15,18-21,27-28,30-32,37,39,45H,3,9-10,13,16-17,22-26H2,1-2,4-8H3. The Hall–Kier alpha value is -3.17. The largest absolute Gasteiger partial charge is 0.372 e. The first-order valence-electron chi connectivity index (χ1n) is 18.6. The van der Waals surface area contributed by atoms with Crippen molar-refractivity contribution in [1.82, 2.24) is 15.1 Å². The molecule has 0 bridgehead atoms. The average molecular weight is 697 g/mol. The summed E-state index contributed by atoms with van der Waals surface area (Å²) in [6.45, 7) is 21.6. The van der Waals surface area contributed by atoms with Crippen molar-refractivity contribution in [3.63, 3.8) is 0 Å². The lowest BCUT2D eigenvalue weighted by molar-refractivity contribution is -0.0602. The quantitative estimate of drug-likeness (QED) is 0.159. The van der Waals surface area contributed by atoms with Crippen molar-refractivity contribution < 1.29 is 22.7 Å². The lowest BCUT2D eigenvalue weighted by Crippen LogP contribution is -2.61. The van der Waals surface area contributed by atoms with Crippen molar-refractivity contribution in [3.05, 3.63) is 83.7 Å². The SMILES string of the molecule is C=CC1CNCC1CN(C(=O)N1CC(C)OC(C)C1)C(C(=NC(CCC)c1cc(F)ccc1F)C(CC)CCc1cccc(F)c1)C(C)(C)C. The molecule has 50 heavy (non-hydrogen) atoms. The molecule has 4 rings (SSSR count). The Bertz CT molecular complexity index is 1450. The van der Waals surface area contributed by atoms with Crippen LogP contribution in [0.15, 0.2) is 60.1 Å². The first-order valence-corrected chi connectivity index (χ1v) is 18.6. The predicted octanol–water partition coefficient (Wildman–Crippen LogP) is 9.01. The third kappa shape index (κ3) is 10.2. The molecule has 0 radical (unpaired) electrons. The van der Waals surface area contributed by atoms with Crippen molar-refractivity contribution in [3.8, 4) is 0 Å². The minimum Gasteiger partial charge on any atom is -0.372 e. The number of hydrogen-bond acceptors (Lipinski definition) is 4. The van der Waals surface area contributed by atoms with Crippen molar-refractivity contribution in [2.24, 2.45) is 28.2 Å². The van der Waals surface area contributed by atoms with E-state index < -0.39 is 29.1 Å². The molecule has 6 nitrogen and oxygen atoms in total. The second-order valence-corrected chi connectivity index (χ2v) is 15.5. The zero-order chi connectivity index (χ0) is 36.6. The number of halogens is 3. The van der Waals surface area contributed by atoms with E-state index in [1.807, 2.05) is 42.7 Å². The molecular formula is C41H59F3N4O2. The van der Waals surface area contributed by atoms with Crippen LogP contribution < -0.4 is 5.32 Å². The zero-order valence-corrected chi connectivity index (χ0v) is 31.2. The van der Waals surface area contributed by atoms with Crippen molar-refractivity contribution in [2.45, 2.75) is 105 Å². The number of carbonyl (C=O) groups excluding carboxylic acids is 1. The molecular weight excluding hydrogens is 637 g/mol. The Morgan fingerprint density at radius 1 is 1.06 bits per heavy atom. The van der Waals surface area contributed by atoms with E-state index in [2.05, 4.69) is 39.6 Å². The van der Waals surface area contributed by atoms with E-state index in [4.69, 9.17) is 9.73 Å². The van der Waals surface area contributed by atoms with E-state index in [1.165, 1.54) is 18.2 Å². The van der Waals surface area contributed by atoms with Crippen LogP contribution in [0.4, 0.5) is 18.0 Å². The van der Waals surface area contributed by atoms with Crippen molar-refractivity contribution in [1.29, 1.82) is 0 Å². The lowest BCUT2D eigenvalue weighted by Gasteiger charge is -2.47. The number of carbonyl (C=O) groups is 1. The molecule has 2 aliphatic rings. The van der Waals surface area contributed by atoms with Crippen molar-refractivity contribution >= 4 is 11.7 Å².